The van der Waals surface area contributed by atoms with Gasteiger partial charge in [0.05, 0.1) is 0 Å². The monoisotopic (exact) mass is 344 g/mol. The number of carbonyl (C=O) groups excluding carboxylic acids is 1. The van der Waals surface area contributed by atoms with Gasteiger partial charge in [-0.3, -0.25) is 4.79 Å². The van der Waals surface area contributed by atoms with E-state index in [4.69, 9.17) is 4.42 Å². The SMILES string of the molecule is CNS(=O)(=O)c1ccc(C(=O)NC2(C(=O)O)CCCCCC2)o1. The van der Waals surface area contributed by atoms with Crippen molar-refractivity contribution in [1.82, 2.24) is 10.0 Å². The molecule has 1 heterocycles. The Morgan fingerprint density at radius 1 is 1.17 bits per heavy atom. The quantitative estimate of drug-likeness (QED) is 0.687. The molecule has 23 heavy (non-hydrogen) atoms. The van der Waals surface area contributed by atoms with Crippen LogP contribution in [0.2, 0.25) is 0 Å². The molecule has 0 atom stereocenters. The molecule has 9 heteroatoms. The van der Waals surface area contributed by atoms with Gasteiger partial charge in [0, 0.05) is 0 Å². The molecule has 0 spiro atoms. The van der Waals surface area contributed by atoms with Crippen molar-refractivity contribution in [1.29, 1.82) is 0 Å². The highest BCUT2D eigenvalue weighted by molar-refractivity contribution is 7.89. The molecule has 0 aliphatic heterocycles. The number of furan rings is 1. The highest BCUT2D eigenvalue weighted by Crippen LogP contribution is 2.28. The Hall–Kier alpha value is -1.87. The van der Waals surface area contributed by atoms with Crippen molar-refractivity contribution in [3.63, 3.8) is 0 Å². The highest BCUT2D eigenvalue weighted by Gasteiger charge is 2.40. The number of aliphatic carboxylic acids is 1. The van der Waals surface area contributed by atoms with E-state index in [1.54, 1.807) is 0 Å². The van der Waals surface area contributed by atoms with Gasteiger partial charge in [-0.1, -0.05) is 25.7 Å². The molecule has 2 rings (SSSR count). The van der Waals surface area contributed by atoms with Gasteiger partial charge < -0.3 is 14.8 Å². The van der Waals surface area contributed by atoms with Crippen molar-refractivity contribution in [2.75, 3.05) is 7.05 Å². The lowest BCUT2D eigenvalue weighted by atomic mass is 9.90. The number of amides is 1. The minimum absolute atomic E-state index is 0.233. The molecule has 1 saturated carbocycles. The first-order valence-electron chi connectivity index (χ1n) is 7.40. The van der Waals surface area contributed by atoms with E-state index in [1.807, 2.05) is 0 Å². The fourth-order valence-electron chi connectivity index (χ4n) is 2.69. The topological polar surface area (TPSA) is 126 Å². The number of hydrogen-bond acceptors (Lipinski definition) is 5. The molecule has 0 aromatic carbocycles. The van der Waals surface area contributed by atoms with Crippen LogP contribution in [0.25, 0.3) is 0 Å². The zero-order valence-corrected chi connectivity index (χ0v) is 13.6. The van der Waals surface area contributed by atoms with Gasteiger partial charge >= 0.3 is 5.97 Å². The molecule has 0 unspecified atom stereocenters. The standard InChI is InChI=1S/C14H20N2O6S/c1-15-23(20,21)11-7-6-10(22-11)12(17)16-14(13(18)19)8-4-2-3-5-9-14/h6-7,15H,2-5,8-9H2,1H3,(H,16,17)(H,18,19). The summed E-state index contributed by atoms with van der Waals surface area (Å²) in [5.74, 6) is -2.04. The van der Waals surface area contributed by atoms with Crippen molar-refractivity contribution >= 4 is 21.9 Å². The van der Waals surface area contributed by atoms with E-state index in [1.165, 1.54) is 13.1 Å². The number of hydrogen-bond donors (Lipinski definition) is 3. The van der Waals surface area contributed by atoms with E-state index in [0.717, 1.165) is 18.9 Å². The second-order valence-electron chi connectivity index (χ2n) is 5.58. The molecule has 128 valence electrons. The third kappa shape index (κ3) is 3.73. The Morgan fingerprint density at radius 2 is 1.78 bits per heavy atom. The van der Waals surface area contributed by atoms with Gasteiger partial charge in [0.15, 0.2) is 5.76 Å². The van der Waals surface area contributed by atoms with Crippen molar-refractivity contribution in [3.05, 3.63) is 17.9 Å². The first-order chi connectivity index (χ1) is 10.8. The third-order valence-corrected chi connectivity index (χ3v) is 5.34. The molecule has 3 N–H and O–H groups in total. The lowest BCUT2D eigenvalue weighted by Gasteiger charge is -2.28. The predicted octanol–water partition coefficient (Wildman–Crippen LogP) is 1.10. The summed E-state index contributed by atoms with van der Waals surface area (Å²) in [7, 11) is -2.57. The fraction of sp³-hybridized carbons (Fsp3) is 0.571. The zero-order valence-electron chi connectivity index (χ0n) is 12.8. The minimum atomic E-state index is -3.79. The van der Waals surface area contributed by atoms with E-state index < -0.39 is 32.5 Å². The van der Waals surface area contributed by atoms with Crippen LogP contribution in [0, 0.1) is 0 Å². The van der Waals surface area contributed by atoms with Crippen LogP contribution < -0.4 is 10.0 Å². The van der Waals surface area contributed by atoms with Crippen LogP contribution in [0.15, 0.2) is 21.6 Å². The van der Waals surface area contributed by atoms with Gasteiger partial charge in [0.1, 0.15) is 5.54 Å². The molecule has 1 fully saturated rings. The van der Waals surface area contributed by atoms with Crippen molar-refractivity contribution in [2.24, 2.45) is 0 Å². The van der Waals surface area contributed by atoms with E-state index in [-0.39, 0.29) is 5.76 Å². The number of carboxylic acid groups (broad SMARTS) is 1. The Balaban J connectivity index is 2.21. The van der Waals surface area contributed by atoms with Crippen molar-refractivity contribution in [3.8, 4) is 0 Å². The largest absolute Gasteiger partial charge is 0.480 e. The normalized spacial score (nSPS) is 18.1. The lowest BCUT2D eigenvalue weighted by molar-refractivity contribution is -0.145. The van der Waals surface area contributed by atoms with Crippen LogP contribution in [0.3, 0.4) is 0 Å². The molecule has 1 aromatic rings. The van der Waals surface area contributed by atoms with E-state index >= 15 is 0 Å². The summed E-state index contributed by atoms with van der Waals surface area (Å²) in [6.07, 6.45) is 3.97. The van der Waals surface area contributed by atoms with E-state index in [0.29, 0.717) is 25.7 Å². The lowest BCUT2D eigenvalue weighted by Crippen LogP contribution is -2.54. The van der Waals surface area contributed by atoms with Gasteiger partial charge in [0.2, 0.25) is 5.09 Å². The Bertz CT molecular complexity index is 686. The molecule has 1 aliphatic carbocycles. The van der Waals surface area contributed by atoms with Crippen molar-refractivity contribution in [2.45, 2.75) is 49.2 Å². The summed E-state index contributed by atoms with van der Waals surface area (Å²) < 4.78 is 30.3. The number of rotatable bonds is 5. The van der Waals surface area contributed by atoms with E-state index in [9.17, 15) is 23.1 Å². The molecule has 1 aliphatic rings. The van der Waals surface area contributed by atoms with E-state index in [2.05, 4.69) is 10.0 Å². The van der Waals surface area contributed by atoms with Gasteiger partial charge in [-0.05, 0) is 32.0 Å². The molecule has 0 bridgehead atoms. The summed E-state index contributed by atoms with van der Waals surface area (Å²) in [5, 5.41) is 11.7. The maximum Gasteiger partial charge on any atom is 0.329 e. The molecule has 1 aromatic heterocycles. The molecule has 8 nitrogen and oxygen atoms in total. The molecule has 0 radical (unpaired) electrons. The predicted molar refractivity (Wildman–Crippen MR) is 80.5 cm³/mol. The number of carboxylic acids is 1. The first kappa shape index (κ1) is 17.5. The van der Waals surface area contributed by atoms with Crippen LogP contribution in [0.5, 0.6) is 0 Å². The van der Waals surface area contributed by atoms with Crippen LogP contribution >= 0.6 is 0 Å². The first-order valence-corrected chi connectivity index (χ1v) is 8.88. The van der Waals surface area contributed by atoms with Crippen LogP contribution in [0.1, 0.15) is 49.1 Å². The summed E-state index contributed by atoms with van der Waals surface area (Å²) in [6, 6.07) is 2.37. The summed E-state index contributed by atoms with van der Waals surface area (Å²) in [4.78, 5) is 23.9. The van der Waals surface area contributed by atoms with Gasteiger partial charge in [-0.15, -0.1) is 0 Å². The molecule has 1 amide bonds. The Labute approximate surface area is 134 Å². The molecule has 0 saturated heterocycles. The average molecular weight is 344 g/mol. The summed E-state index contributed by atoms with van der Waals surface area (Å²) in [5.41, 5.74) is -1.33. The Morgan fingerprint density at radius 3 is 2.30 bits per heavy atom. The number of carbonyl (C=O) groups is 2. The highest BCUT2D eigenvalue weighted by atomic mass is 32.2. The van der Waals surface area contributed by atoms with Gasteiger partial charge in [0.25, 0.3) is 15.9 Å². The number of nitrogens with one attached hydrogen (secondary N) is 2. The van der Waals surface area contributed by atoms with Crippen LogP contribution in [-0.4, -0.2) is 38.0 Å². The van der Waals surface area contributed by atoms with Gasteiger partial charge in [-0.25, -0.2) is 17.9 Å². The molecular weight excluding hydrogens is 324 g/mol. The summed E-state index contributed by atoms with van der Waals surface area (Å²) >= 11 is 0. The van der Waals surface area contributed by atoms with Crippen molar-refractivity contribution < 1.29 is 27.5 Å². The second-order valence-corrected chi connectivity index (χ2v) is 7.40. The maximum atomic E-state index is 12.3. The molecular formula is C14H20N2O6S. The van der Waals surface area contributed by atoms with Crippen LogP contribution in [-0.2, 0) is 14.8 Å². The smallest absolute Gasteiger partial charge is 0.329 e. The Kier molecular flexibility index (Phi) is 5.10. The third-order valence-electron chi connectivity index (χ3n) is 4.06. The minimum Gasteiger partial charge on any atom is -0.480 e. The zero-order chi connectivity index (χ0) is 17.1. The van der Waals surface area contributed by atoms with Crippen LogP contribution in [0.4, 0.5) is 0 Å². The maximum absolute atomic E-state index is 12.3. The average Bonchev–Trinajstić information content (AvgIpc) is 2.90. The van der Waals surface area contributed by atoms with Gasteiger partial charge in [-0.2, -0.15) is 0 Å². The fourth-order valence-corrected chi connectivity index (χ4v) is 3.34. The number of sulfonamides is 1. The summed E-state index contributed by atoms with van der Waals surface area (Å²) in [6.45, 7) is 0. The second kappa shape index (κ2) is 6.71.